The molecule has 0 radical (unpaired) electrons. The van der Waals surface area contributed by atoms with E-state index in [0.29, 0.717) is 27.8 Å². The topological polar surface area (TPSA) is 186 Å². The number of anilines is 1. The second kappa shape index (κ2) is 10.7. The van der Waals surface area contributed by atoms with Crippen molar-refractivity contribution in [3.05, 3.63) is 22.6 Å². The van der Waals surface area contributed by atoms with Crippen LogP contribution in [0.15, 0.2) is 26.3 Å². The number of thioether (sulfide) groups is 2. The normalized spacial score (nSPS) is 20.1. The van der Waals surface area contributed by atoms with Crippen molar-refractivity contribution in [2.75, 3.05) is 23.8 Å². The molecule has 2 aliphatic heterocycles. The molecule has 1 unspecified atom stereocenters. The Morgan fingerprint density at radius 3 is 2.94 bits per heavy atom. The van der Waals surface area contributed by atoms with Crippen molar-refractivity contribution in [3.8, 4) is 0 Å². The van der Waals surface area contributed by atoms with Gasteiger partial charge in [0.15, 0.2) is 9.47 Å². The Kier molecular flexibility index (Phi) is 7.64. The quantitative estimate of drug-likeness (QED) is 0.125. The minimum atomic E-state index is -1.20. The number of carbonyl (C=O) groups is 3. The second-order valence-corrected chi connectivity index (χ2v) is 10.8. The SMILES string of the molecule is CCCON=C(C(=O)NC1C(=O)N2C(C(=O)O)=C(CSc3nncs3)CS[C@@H]12)c1nsc(N)n1. The Morgan fingerprint density at radius 2 is 2.29 bits per heavy atom. The van der Waals surface area contributed by atoms with Gasteiger partial charge in [0.2, 0.25) is 11.5 Å². The number of rotatable bonds is 10. The number of nitrogen functional groups attached to an aromatic ring is 1. The first kappa shape index (κ1) is 24.4. The largest absolute Gasteiger partial charge is 0.477 e. The third-order valence-electron chi connectivity index (χ3n) is 4.57. The van der Waals surface area contributed by atoms with Crippen LogP contribution in [0, 0.1) is 0 Å². The van der Waals surface area contributed by atoms with E-state index in [4.69, 9.17) is 10.6 Å². The first-order valence-corrected chi connectivity index (χ1v) is 13.5. The maximum absolute atomic E-state index is 12.9. The van der Waals surface area contributed by atoms with Crippen LogP contribution in [-0.2, 0) is 19.2 Å². The fourth-order valence-electron chi connectivity index (χ4n) is 3.10. The minimum absolute atomic E-state index is 0.0156. The van der Waals surface area contributed by atoms with Gasteiger partial charge in [0, 0.05) is 23.0 Å². The monoisotopic (exact) mass is 542 g/mol. The van der Waals surface area contributed by atoms with E-state index in [1.807, 2.05) is 6.92 Å². The van der Waals surface area contributed by atoms with Gasteiger partial charge in [-0.15, -0.1) is 22.0 Å². The van der Waals surface area contributed by atoms with Crippen LogP contribution in [0.2, 0.25) is 0 Å². The van der Waals surface area contributed by atoms with Crippen molar-refractivity contribution in [3.63, 3.8) is 0 Å². The fourth-order valence-corrected chi connectivity index (χ4v) is 6.50. The van der Waals surface area contributed by atoms with Gasteiger partial charge in [0.05, 0.1) is 0 Å². The van der Waals surface area contributed by atoms with Crippen LogP contribution in [0.25, 0.3) is 0 Å². The first-order valence-electron chi connectivity index (χ1n) is 9.80. The number of β-lactam (4-membered cyclic amide) rings is 1. The molecule has 4 N–H and O–H groups in total. The zero-order chi connectivity index (χ0) is 24.2. The molecule has 2 aliphatic rings. The van der Waals surface area contributed by atoms with Crippen LogP contribution in [0.5, 0.6) is 0 Å². The average molecular weight is 543 g/mol. The first-order chi connectivity index (χ1) is 16.4. The van der Waals surface area contributed by atoms with Gasteiger partial charge in [-0.1, -0.05) is 35.2 Å². The summed E-state index contributed by atoms with van der Waals surface area (Å²) < 4.78 is 4.70. The third kappa shape index (κ3) is 5.01. The summed E-state index contributed by atoms with van der Waals surface area (Å²) in [6.45, 7) is 2.15. The zero-order valence-electron chi connectivity index (χ0n) is 17.5. The highest BCUT2D eigenvalue weighted by atomic mass is 32.2. The standard InChI is InChI=1S/C17H18N8O5S4/c1-2-3-30-23-8(11-21-16(18)34-24-11)12(26)20-9-13(27)25-10(15(28)29)7(4-31-14(9)25)5-32-17-22-19-6-33-17/h6,9,14H,2-5H2,1H3,(H,20,26)(H,28,29)(H2,18,21,24)/t9?,14-/m0/s1. The third-order valence-corrected chi connectivity index (χ3v) is 8.40. The lowest BCUT2D eigenvalue weighted by atomic mass is 10.0. The Labute approximate surface area is 209 Å². The molecule has 0 aliphatic carbocycles. The molecule has 17 heteroatoms. The maximum atomic E-state index is 12.9. The minimum Gasteiger partial charge on any atom is -0.477 e. The number of fused-ring (bicyclic) bond motifs is 1. The highest BCUT2D eigenvalue weighted by Crippen LogP contribution is 2.41. The number of nitrogens with zero attached hydrogens (tertiary/aromatic N) is 6. The molecule has 0 spiro atoms. The number of aliphatic carboxylic acids is 1. The number of hydrogen-bond donors (Lipinski definition) is 3. The number of nitrogens with one attached hydrogen (secondary N) is 1. The Balaban J connectivity index is 1.49. The van der Waals surface area contributed by atoms with Gasteiger partial charge in [-0.2, -0.15) is 9.36 Å². The number of aromatic nitrogens is 4. The molecule has 180 valence electrons. The molecule has 1 saturated heterocycles. The molecule has 2 amide bonds. The highest BCUT2D eigenvalue weighted by molar-refractivity contribution is 8.01. The van der Waals surface area contributed by atoms with E-state index in [1.54, 1.807) is 5.51 Å². The van der Waals surface area contributed by atoms with Crippen LogP contribution < -0.4 is 11.1 Å². The van der Waals surface area contributed by atoms with Gasteiger partial charge in [0.1, 0.15) is 29.2 Å². The average Bonchev–Trinajstić information content (AvgIpc) is 3.49. The molecule has 4 rings (SSSR count). The van der Waals surface area contributed by atoms with Crippen molar-refractivity contribution in [2.45, 2.75) is 29.1 Å². The Bertz CT molecular complexity index is 1150. The lowest BCUT2D eigenvalue weighted by Gasteiger charge is -2.49. The van der Waals surface area contributed by atoms with Gasteiger partial charge in [-0.05, 0) is 12.0 Å². The van der Waals surface area contributed by atoms with Crippen molar-refractivity contribution < 1.29 is 24.3 Å². The second-order valence-electron chi connectivity index (χ2n) is 6.84. The summed E-state index contributed by atoms with van der Waals surface area (Å²) in [4.78, 5) is 48.1. The van der Waals surface area contributed by atoms with E-state index < -0.39 is 29.2 Å². The maximum Gasteiger partial charge on any atom is 0.352 e. The molecule has 2 aromatic heterocycles. The highest BCUT2D eigenvalue weighted by Gasteiger charge is 2.54. The number of oxime groups is 1. The van der Waals surface area contributed by atoms with Crippen molar-refractivity contribution >= 4 is 75.0 Å². The zero-order valence-corrected chi connectivity index (χ0v) is 20.8. The molecule has 2 aromatic rings. The van der Waals surface area contributed by atoms with Gasteiger partial charge >= 0.3 is 5.97 Å². The molecule has 0 bridgehead atoms. The van der Waals surface area contributed by atoms with E-state index in [0.717, 1.165) is 11.5 Å². The summed E-state index contributed by atoms with van der Waals surface area (Å²) >= 11 is 4.97. The van der Waals surface area contributed by atoms with Crippen LogP contribution in [0.4, 0.5) is 5.13 Å². The Morgan fingerprint density at radius 1 is 1.47 bits per heavy atom. The van der Waals surface area contributed by atoms with Gasteiger partial charge < -0.3 is 21.0 Å². The lowest BCUT2D eigenvalue weighted by molar-refractivity contribution is -0.150. The molecule has 1 fully saturated rings. The predicted molar refractivity (Wildman–Crippen MR) is 127 cm³/mol. The summed E-state index contributed by atoms with van der Waals surface area (Å²) in [5.41, 5.74) is 7.53. The van der Waals surface area contributed by atoms with E-state index in [-0.39, 0.29) is 29.0 Å². The summed E-state index contributed by atoms with van der Waals surface area (Å²) in [6.07, 6.45) is 0.670. The molecule has 0 saturated carbocycles. The van der Waals surface area contributed by atoms with E-state index >= 15 is 0 Å². The summed E-state index contributed by atoms with van der Waals surface area (Å²) in [5.74, 6) is -1.71. The van der Waals surface area contributed by atoms with Gasteiger partial charge in [0.25, 0.3) is 11.8 Å². The molecule has 34 heavy (non-hydrogen) atoms. The number of amides is 2. The number of hydrogen-bond acceptors (Lipinski definition) is 14. The smallest absolute Gasteiger partial charge is 0.352 e. The molecule has 2 atom stereocenters. The lowest BCUT2D eigenvalue weighted by Crippen LogP contribution is -2.71. The molecular formula is C17H18N8O5S4. The molecular weight excluding hydrogens is 525 g/mol. The summed E-state index contributed by atoms with van der Waals surface area (Å²) in [5, 5.41) is 23.5. The number of carbonyl (C=O) groups excluding carboxylic acids is 2. The summed E-state index contributed by atoms with van der Waals surface area (Å²) in [7, 11) is 0. The van der Waals surface area contributed by atoms with Gasteiger partial charge in [-0.3, -0.25) is 14.5 Å². The predicted octanol–water partition coefficient (Wildman–Crippen LogP) is 0.633. The van der Waals surface area contributed by atoms with Crippen molar-refractivity contribution in [2.24, 2.45) is 5.16 Å². The Hall–Kier alpha value is -2.76. The molecule has 4 heterocycles. The summed E-state index contributed by atoms with van der Waals surface area (Å²) in [6, 6.07) is -0.934. The number of carboxylic acid groups (broad SMARTS) is 1. The van der Waals surface area contributed by atoms with E-state index in [1.165, 1.54) is 39.8 Å². The number of carboxylic acids is 1. The van der Waals surface area contributed by atoms with Crippen LogP contribution >= 0.6 is 46.4 Å². The van der Waals surface area contributed by atoms with Crippen LogP contribution in [-0.4, -0.2) is 82.6 Å². The molecule has 0 aromatic carbocycles. The van der Waals surface area contributed by atoms with Crippen LogP contribution in [0.1, 0.15) is 19.2 Å². The van der Waals surface area contributed by atoms with E-state index in [9.17, 15) is 19.5 Å². The number of nitrogens with two attached hydrogens (primary N) is 1. The molecule has 13 nitrogen and oxygen atoms in total. The van der Waals surface area contributed by atoms with Gasteiger partial charge in [-0.25, -0.2) is 4.79 Å². The van der Waals surface area contributed by atoms with Crippen molar-refractivity contribution in [1.82, 2.24) is 29.8 Å². The van der Waals surface area contributed by atoms with Crippen LogP contribution in [0.3, 0.4) is 0 Å². The fraction of sp³-hybridized carbons (Fsp3) is 0.412. The van der Waals surface area contributed by atoms with E-state index in [2.05, 4.69) is 30.0 Å². The van der Waals surface area contributed by atoms with Crippen molar-refractivity contribution in [1.29, 1.82) is 0 Å².